The average Bonchev–Trinajstić information content (AvgIpc) is 2.65. The lowest BCUT2D eigenvalue weighted by Crippen LogP contribution is -2.40. The molecule has 2 heterocycles. The van der Waals surface area contributed by atoms with Crippen LogP contribution in [0.25, 0.3) is 0 Å². The largest absolute Gasteiger partial charge is 0.316 e. The number of carbonyl (C=O) groups excluding carboxylic acids is 2. The molecule has 0 aromatic heterocycles. The number of piperidine rings is 1. The molecule has 0 aliphatic carbocycles. The Morgan fingerprint density at radius 2 is 2.21 bits per heavy atom. The Bertz CT molecular complexity index is 533. The van der Waals surface area contributed by atoms with Gasteiger partial charge in [0.15, 0.2) is 0 Å². The number of hydrogen-bond donors (Lipinski definition) is 1. The Morgan fingerprint density at radius 3 is 2.95 bits per heavy atom. The molecule has 1 amide bonds. The number of ketones is 1. The van der Waals surface area contributed by atoms with E-state index >= 15 is 0 Å². The highest BCUT2D eigenvalue weighted by Crippen LogP contribution is 2.31. The van der Waals surface area contributed by atoms with Gasteiger partial charge in [-0.25, -0.2) is 0 Å². The molecule has 1 aromatic rings. The molecule has 0 spiro atoms. The molecular weight excluding hydrogens is 240 g/mol. The summed E-state index contributed by atoms with van der Waals surface area (Å²) in [5, 5.41) is 3.35. The van der Waals surface area contributed by atoms with Crippen LogP contribution in [-0.4, -0.2) is 31.3 Å². The van der Waals surface area contributed by atoms with Gasteiger partial charge in [0.1, 0.15) is 0 Å². The van der Waals surface area contributed by atoms with E-state index in [1.165, 1.54) is 0 Å². The molecule has 1 aromatic carbocycles. The fourth-order valence-electron chi connectivity index (χ4n) is 2.92. The van der Waals surface area contributed by atoms with Crippen LogP contribution in [0.5, 0.6) is 0 Å². The van der Waals surface area contributed by atoms with Gasteiger partial charge in [-0.15, -0.1) is 0 Å². The van der Waals surface area contributed by atoms with Crippen molar-refractivity contribution in [3.8, 4) is 0 Å². The van der Waals surface area contributed by atoms with Gasteiger partial charge in [0.25, 0.3) is 11.7 Å². The zero-order chi connectivity index (χ0) is 13.4. The molecule has 1 N–H and O–H groups in total. The van der Waals surface area contributed by atoms with Crippen LogP contribution in [0.15, 0.2) is 18.2 Å². The van der Waals surface area contributed by atoms with Crippen molar-refractivity contribution in [2.75, 3.05) is 24.5 Å². The Labute approximate surface area is 112 Å². The van der Waals surface area contributed by atoms with Crippen LogP contribution in [0, 0.1) is 12.8 Å². The molecule has 2 aliphatic rings. The quantitative estimate of drug-likeness (QED) is 0.818. The maximum absolute atomic E-state index is 12.1. The van der Waals surface area contributed by atoms with Gasteiger partial charge in [0.2, 0.25) is 0 Å². The second-order valence-electron chi connectivity index (χ2n) is 5.48. The van der Waals surface area contributed by atoms with Gasteiger partial charge in [-0.3, -0.25) is 9.59 Å². The third-order valence-electron chi connectivity index (χ3n) is 3.97. The minimum Gasteiger partial charge on any atom is -0.316 e. The number of benzene rings is 1. The molecule has 0 saturated carbocycles. The smallest absolute Gasteiger partial charge is 0.299 e. The van der Waals surface area contributed by atoms with Crippen LogP contribution < -0.4 is 10.2 Å². The number of nitrogens with one attached hydrogen (secondary N) is 1. The summed E-state index contributed by atoms with van der Waals surface area (Å²) in [6.45, 7) is 4.61. The molecule has 2 aliphatic heterocycles. The van der Waals surface area contributed by atoms with E-state index in [4.69, 9.17) is 0 Å². The Balaban J connectivity index is 1.87. The monoisotopic (exact) mass is 258 g/mol. The van der Waals surface area contributed by atoms with Gasteiger partial charge >= 0.3 is 0 Å². The number of rotatable bonds is 2. The molecule has 100 valence electrons. The molecule has 4 nitrogen and oxygen atoms in total. The summed E-state index contributed by atoms with van der Waals surface area (Å²) in [7, 11) is 0. The summed E-state index contributed by atoms with van der Waals surface area (Å²) in [5.41, 5.74) is 2.42. The van der Waals surface area contributed by atoms with Gasteiger partial charge in [0.05, 0.1) is 11.3 Å². The van der Waals surface area contributed by atoms with Crippen molar-refractivity contribution in [3.05, 3.63) is 29.3 Å². The molecule has 1 saturated heterocycles. The first-order chi connectivity index (χ1) is 9.16. The first-order valence-corrected chi connectivity index (χ1v) is 6.84. The standard InChI is InChI=1S/C15H18N2O2/c1-10-4-5-12-13(7-10)17(15(19)14(12)18)9-11-3-2-6-16-8-11/h4-5,7,11,16H,2-3,6,8-9H2,1H3. The lowest BCUT2D eigenvalue weighted by Gasteiger charge is -2.27. The van der Waals surface area contributed by atoms with Crippen molar-refractivity contribution in [3.63, 3.8) is 0 Å². The Hall–Kier alpha value is -1.68. The van der Waals surface area contributed by atoms with Gasteiger partial charge in [0, 0.05) is 6.54 Å². The molecule has 4 heteroatoms. The Kier molecular flexibility index (Phi) is 3.11. The molecule has 1 atom stereocenters. The van der Waals surface area contributed by atoms with Crippen molar-refractivity contribution in [1.82, 2.24) is 5.32 Å². The highest BCUT2D eigenvalue weighted by molar-refractivity contribution is 6.52. The first kappa shape index (κ1) is 12.4. The number of Topliss-reactive ketones (excluding diaryl/α,β-unsaturated/α-hetero) is 1. The molecule has 19 heavy (non-hydrogen) atoms. The van der Waals surface area contributed by atoms with Crippen LogP contribution in [0.3, 0.4) is 0 Å². The van der Waals surface area contributed by atoms with Crippen molar-refractivity contribution < 1.29 is 9.59 Å². The van der Waals surface area contributed by atoms with Crippen LogP contribution in [0.2, 0.25) is 0 Å². The van der Waals surface area contributed by atoms with E-state index in [1.807, 2.05) is 19.1 Å². The maximum Gasteiger partial charge on any atom is 0.299 e. The zero-order valence-corrected chi connectivity index (χ0v) is 11.1. The van der Waals surface area contributed by atoms with E-state index < -0.39 is 0 Å². The number of hydrogen-bond acceptors (Lipinski definition) is 3. The van der Waals surface area contributed by atoms with Gasteiger partial charge < -0.3 is 10.2 Å². The van der Waals surface area contributed by atoms with Crippen molar-refractivity contribution in [1.29, 1.82) is 0 Å². The summed E-state index contributed by atoms with van der Waals surface area (Å²) >= 11 is 0. The van der Waals surface area contributed by atoms with E-state index in [2.05, 4.69) is 5.32 Å². The summed E-state index contributed by atoms with van der Waals surface area (Å²) in [6, 6.07) is 5.59. The molecule has 3 rings (SSSR count). The fraction of sp³-hybridized carbons (Fsp3) is 0.467. The van der Waals surface area contributed by atoms with E-state index in [0.29, 0.717) is 18.0 Å². The minimum absolute atomic E-state index is 0.362. The van der Waals surface area contributed by atoms with E-state index in [-0.39, 0.29) is 11.7 Å². The van der Waals surface area contributed by atoms with E-state index in [9.17, 15) is 9.59 Å². The number of fused-ring (bicyclic) bond motifs is 1. The van der Waals surface area contributed by atoms with E-state index in [0.717, 1.165) is 37.2 Å². The number of amides is 1. The predicted octanol–water partition coefficient (Wildman–Crippen LogP) is 1.52. The summed E-state index contributed by atoms with van der Waals surface area (Å²) in [5.74, 6) is -0.290. The molecule has 0 radical (unpaired) electrons. The van der Waals surface area contributed by atoms with Gasteiger partial charge in [-0.2, -0.15) is 0 Å². The van der Waals surface area contributed by atoms with Crippen LogP contribution in [-0.2, 0) is 4.79 Å². The maximum atomic E-state index is 12.1. The highest BCUT2D eigenvalue weighted by Gasteiger charge is 2.36. The SMILES string of the molecule is Cc1ccc2c(c1)N(CC1CCCNC1)C(=O)C2=O. The lowest BCUT2D eigenvalue weighted by molar-refractivity contribution is -0.114. The lowest BCUT2D eigenvalue weighted by atomic mass is 9.99. The van der Waals surface area contributed by atoms with Crippen molar-refractivity contribution in [2.24, 2.45) is 5.92 Å². The van der Waals surface area contributed by atoms with Crippen LogP contribution >= 0.6 is 0 Å². The predicted molar refractivity (Wildman–Crippen MR) is 73.5 cm³/mol. The number of aryl methyl sites for hydroxylation is 1. The molecule has 1 fully saturated rings. The van der Waals surface area contributed by atoms with Crippen molar-refractivity contribution in [2.45, 2.75) is 19.8 Å². The third kappa shape index (κ3) is 2.16. The van der Waals surface area contributed by atoms with Gasteiger partial charge in [-0.05, 0) is 56.5 Å². The molecular formula is C15H18N2O2. The van der Waals surface area contributed by atoms with Crippen LogP contribution in [0.4, 0.5) is 5.69 Å². The number of anilines is 1. The molecule has 0 bridgehead atoms. The highest BCUT2D eigenvalue weighted by atomic mass is 16.2. The summed E-state index contributed by atoms with van der Waals surface area (Å²) in [6.07, 6.45) is 2.26. The normalized spacial score (nSPS) is 22.8. The second-order valence-corrected chi connectivity index (χ2v) is 5.48. The first-order valence-electron chi connectivity index (χ1n) is 6.84. The Morgan fingerprint density at radius 1 is 1.37 bits per heavy atom. The molecule has 1 unspecified atom stereocenters. The minimum atomic E-state index is -0.369. The average molecular weight is 258 g/mol. The van der Waals surface area contributed by atoms with E-state index in [1.54, 1.807) is 11.0 Å². The summed E-state index contributed by atoms with van der Waals surface area (Å²) < 4.78 is 0. The number of nitrogens with zero attached hydrogens (tertiary/aromatic N) is 1. The van der Waals surface area contributed by atoms with Crippen molar-refractivity contribution >= 4 is 17.4 Å². The fourth-order valence-corrected chi connectivity index (χ4v) is 2.92. The van der Waals surface area contributed by atoms with Gasteiger partial charge in [-0.1, -0.05) is 6.07 Å². The zero-order valence-electron chi connectivity index (χ0n) is 11.1. The number of carbonyl (C=O) groups is 2. The topological polar surface area (TPSA) is 49.4 Å². The van der Waals surface area contributed by atoms with Crippen LogP contribution in [0.1, 0.15) is 28.8 Å². The summed E-state index contributed by atoms with van der Waals surface area (Å²) in [4.78, 5) is 25.7. The second kappa shape index (κ2) is 4.78. The third-order valence-corrected chi connectivity index (χ3v) is 3.97.